The third kappa shape index (κ3) is 2.49. The molecule has 9 heteroatoms. The lowest BCUT2D eigenvalue weighted by Crippen LogP contribution is -2.51. The van der Waals surface area contributed by atoms with E-state index in [-0.39, 0.29) is 0 Å². The summed E-state index contributed by atoms with van der Waals surface area (Å²) in [5.74, 6) is 0.869. The van der Waals surface area contributed by atoms with Gasteiger partial charge in [0.1, 0.15) is 17.0 Å². The number of hydrogen-bond acceptors (Lipinski definition) is 6. The van der Waals surface area contributed by atoms with Crippen LogP contribution in [0.2, 0.25) is 0 Å². The molecule has 0 aromatic carbocycles. The topological polar surface area (TPSA) is 92.4 Å². The third-order valence-corrected chi connectivity index (χ3v) is 5.37. The number of nitrogens with two attached hydrogens (primary N) is 1. The Morgan fingerprint density at radius 3 is 2.60 bits per heavy atom. The maximum absolute atomic E-state index is 11.3. The highest BCUT2D eigenvalue weighted by Gasteiger charge is 2.25. The summed E-state index contributed by atoms with van der Waals surface area (Å²) >= 11 is 1.63. The van der Waals surface area contributed by atoms with Gasteiger partial charge in [0.25, 0.3) is 10.2 Å². The zero-order valence-corrected chi connectivity index (χ0v) is 12.6. The molecule has 2 aromatic heterocycles. The van der Waals surface area contributed by atoms with Crippen LogP contribution in [0.1, 0.15) is 4.88 Å². The Morgan fingerprint density at radius 2 is 1.95 bits per heavy atom. The predicted molar refractivity (Wildman–Crippen MR) is 79.0 cm³/mol. The van der Waals surface area contributed by atoms with Crippen molar-refractivity contribution in [1.29, 1.82) is 0 Å². The maximum atomic E-state index is 11.3. The van der Waals surface area contributed by atoms with E-state index in [1.54, 1.807) is 17.7 Å². The Kier molecular flexibility index (Phi) is 3.36. The highest BCUT2D eigenvalue weighted by atomic mass is 32.2. The average Bonchev–Trinajstić information content (AvgIpc) is 2.78. The van der Waals surface area contributed by atoms with Crippen molar-refractivity contribution in [1.82, 2.24) is 14.3 Å². The van der Waals surface area contributed by atoms with Crippen LogP contribution < -0.4 is 10.0 Å². The van der Waals surface area contributed by atoms with Crippen molar-refractivity contribution in [2.75, 3.05) is 31.1 Å². The van der Waals surface area contributed by atoms with Gasteiger partial charge in [-0.1, -0.05) is 0 Å². The molecule has 20 heavy (non-hydrogen) atoms. The Bertz CT molecular complexity index is 734. The molecule has 0 radical (unpaired) electrons. The van der Waals surface area contributed by atoms with Crippen molar-refractivity contribution in [2.24, 2.45) is 5.14 Å². The second-order valence-electron chi connectivity index (χ2n) is 4.70. The first-order chi connectivity index (χ1) is 9.45. The van der Waals surface area contributed by atoms with Crippen molar-refractivity contribution in [3.05, 3.63) is 17.3 Å². The molecule has 0 unspecified atom stereocenters. The van der Waals surface area contributed by atoms with Crippen LogP contribution in [0.25, 0.3) is 10.2 Å². The summed E-state index contributed by atoms with van der Waals surface area (Å²) in [6, 6.07) is 2.07. The van der Waals surface area contributed by atoms with Crippen LogP contribution in [0.5, 0.6) is 0 Å². The van der Waals surface area contributed by atoms with Gasteiger partial charge in [0.15, 0.2) is 0 Å². The summed E-state index contributed by atoms with van der Waals surface area (Å²) < 4.78 is 23.9. The summed E-state index contributed by atoms with van der Waals surface area (Å²) in [6.45, 7) is 3.96. The van der Waals surface area contributed by atoms with E-state index in [0.29, 0.717) is 26.2 Å². The first-order valence-corrected chi connectivity index (χ1v) is 8.51. The molecule has 0 atom stereocenters. The zero-order valence-electron chi connectivity index (χ0n) is 11.0. The molecule has 3 heterocycles. The SMILES string of the molecule is Cc1cc2c(N3CCN(S(N)(=O)=O)CC3)ncnc2s1. The molecular weight excluding hydrogens is 298 g/mol. The highest BCUT2D eigenvalue weighted by Crippen LogP contribution is 2.30. The number of thiophene rings is 1. The Morgan fingerprint density at radius 1 is 1.25 bits per heavy atom. The van der Waals surface area contributed by atoms with E-state index >= 15 is 0 Å². The minimum Gasteiger partial charge on any atom is -0.353 e. The fourth-order valence-corrected chi connectivity index (χ4v) is 3.88. The Labute approximate surface area is 121 Å². The minimum atomic E-state index is -3.59. The first kappa shape index (κ1) is 13.7. The second-order valence-corrected chi connectivity index (χ2v) is 7.49. The van der Waals surface area contributed by atoms with Crippen molar-refractivity contribution in [2.45, 2.75) is 6.92 Å². The largest absolute Gasteiger partial charge is 0.353 e. The van der Waals surface area contributed by atoms with Gasteiger partial charge in [0.2, 0.25) is 0 Å². The van der Waals surface area contributed by atoms with Crippen LogP contribution in [0.4, 0.5) is 5.82 Å². The molecule has 108 valence electrons. The molecule has 2 N–H and O–H groups in total. The molecule has 2 aromatic rings. The molecule has 7 nitrogen and oxygen atoms in total. The summed E-state index contributed by atoms with van der Waals surface area (Å²) in [6.07, 6.45) is 1.56. The molecule has 1 aliphatic heterocycles. The normalized spacial score (nSPS) is 17.8. The van der Waals surface area contributed by atoms with Crippen molar-refractivity contribution < 1.29 is 8.42 Å². The van der Waals surface area contributed by atoms with Crippen LogP contribution in [0, 0.1) is 6.92 Å². The van der Waals surface area contributed by atoms with Gasteiger partial charge in [-0.2, -0.15) is 12.7 Å². The second kappa shape index (κ2) is 4.92. The zero-order chi connectivity index (χ0) is 14.3. The van der Waals surface area contributed by atoms with Gasteiger partial charge in [-0.05, 0) is 13.0 Å². The summed E-state index contributed by atoms with van der Waals surface area (Å²) in [7, 11) is -3.59. The van der Waals surface area contributed by atoms with E-state index in [4.69, 9.17) is 5.14 Å². The van der Waals surface area contributed by atoms with E-state index < -0.39 is 10.2 Å². The molecule has 1 fully saturated rings. The molecule has 1 saturated heterocycles. The van der Waals surface area contributed by atoms with Crippen LogP contribution in [0.15, 0.2) is 12.4 Å². The number of rotatable bonds is 2. The van der Waals surface area contributed by atoms with Crippen LogP contribution in [0.3, 0.4) is 0 Å². The fraction of sp³-hybridized carbons (Fsp3) is 0.455. The van der Waals surface area contributed by atoms with E-state index in [1.165, 1.54) is 9.18 Å². The predicted octanol–water partition coefficient (Wildman–Crippen LogP) is 0.325. The summed E-state index contributed by atoms with van der Waals surface area (Å²) in [5.41, 5.74) is 0. The van der Waals surface area contributed by atoms with E-state index in [1.807, 2.05) is 6.92 Å². The van der Waals surface area contributed by atoms with E-state index in [2.05, 4.69) is 20.9 Å². The fourth-order valence-electron chi connectivity index (χ4n) is 2.37. The Hall–Kier alpha value is -1.29. The lowest BCUT2D eigenvalue weighted by molar-refractivity contribution is 0.385. The van der Waals surface area contributed by atoms with Gasteiger partial charge in [-0.15, -0.1) is 11.3 Å². The van der Waals surface area contributed by atoms with Crippen molar-refractivity contribution >= 4 is 37.6 Å². The number of anilines is 1. The van der Waals surface area contributed by atoms with Crippen LogP contribution in [-0.2, 0) is 10.2 Å². The van der Waals surface area contributed by atoms with Gasteiger partial charge < -0.3 is 4.90 Å². The number of aromatic nitrogens is 2. The molecule has 0 bridgehead atoms. The number of nitrogens with zero attached hydrogens (tertiary/aromatic N) is 4. The van der Waals surface area contributed by atoms with Crippen LogP contribution >= 0.6 is 11.3 Å². The third-order valence-electron chi connectivity index (χ3n) is 3.33. The highest BCUT2D eigenvalue weighted by molar-refractivity contribution is 7.86. The molecule has 0 amide bonds. The summed E-state index contributed by atoms with van der Waals surface area (Å²) in [5, 5.41) is 6.17. The van der Waals surface area contributed by atoms with Crippen molar-refractivity contribution in [3.63, 3.8) is 0 Å². The maximum Gasteiger partial charge on any atom is 0.277 e. The Balaban J connectivity index is 1.87. The molecule has 1 aliphatic rings. The van der Waals surface area contributed by atoms with Crippen molar-refractivity contribution in [3.8, 4) is 0 Å². The molecule has 3 rings (SSSR count). The first-order valence-electron chi connectivity index (χ1n) is 6.19. The van der Waals surface area contributed by atoms with E-state index in [0.717, 1.165) is 16.0 Å². The standard InChI is InChI=1S/C11H15N5O2S2/c1-8-6-9-10(13-7-14-11(9)19-8)15-2-4-16(5-3-15)20(12,17)18/h6-7H,2-5H2,1H3,(H2,12,17,18). The lowest BCUT2D eigenvalue weighted by atomic mass is 10.3. The number of piperazine rings is 1. The van der Waals surface area contributed by atoms with Gasteiger partial charge in [0.05, 0.1) is 5.39 Å². The number of fused-ring (bicyclic) bond motifs is 1. The van der Waals surface area contributed by atoms with Crippen LogP contribution in [-0.4, -0.2) is 48.9 Å². The average molecular weight is 313 g/mol. The van der Waals surface area contributed by atoms with Gasteiger partial charge >= 0.3 is 0 Å². The lowest BCUT2D eigenvalue weighted by Gasteiger charge is -2.33. The number of aryl methyl sites for hydroxylation is 1. The molecule has 0 spiro atoms. The summed E-state index contributed by atoms with van der Waals surface area (Å²) in [4.78, 5) is 12.8. The van der Waals surface area contributed by atoms with Gasteiger partial charge in [-0.3, -0.25) is 0 Å². The quantitative estimate of drug-likeness (QED) is 0.862. The molecular formula is C11H15N5O2S2. The molecule has 0 aliphatic carbocycles. The smallest absolute Gasteiger partial charge is 0.277 e. The number of hydrogen-bond donors (Lipinski definition) is 1. The van der Waals surface area contributed by atoms with E-state index in [9.17, 15) is 8.42 Å². The monoisotopic (exact) mass is 313 g/mol. The van der Waals surface area contributed by atoms with Gasteiger partial charge in [-0.25, -0.2) is 15.1 Å². The van der Waals surface area contributed by atoms with Gasteiger partial charge in [0, 0.05) is 31.1 Å². The molecule has 0 saturated carbocycles. The minimum absolute atomic E-state index is 0.382.